The normalized spacial score (nSPS) is 12.4. The van der Waals surface area contributed by atoms with Crippen LogP contribution in [0.15, 0.2) is 112 Å². The highest BCUT2D eigenvalue weighted by Crippen LogP contribution is 2.38. The van der Waals surface area contributed by atoms with Crippen LogP contribution in [0.25, 0.3) is 0 Å². The van der Waals surface area contributed by atoms with Gasteiger partial charge in [-0.15, -0.1) is 0 Å². The first-order chi connectivity index (χ1) is 22.7. The number of nitrogens with zero attached hydrogens (tertiary/aromatic N) is 2. The van der Waals surface area contributed by atoms with Crippen molar-refractivity contribution in [2.24, 2.45) is 5.92 Å². The Morgan fingerprint density at radius 1 is 0.875 bits per heavy atom. The second-order valence-corrected chi connectivity index (χ2v) is 14.7. The minimum Gasteiger partial charge on any atom is -0.354 e. The molecule has 4 rings (SSSR count). The summed E-state index contributed by atoms with van der Waals surface area (Å²) >= 11 is 9.26. The number of rotatable bonds is 13. The molecule has 0 radical (unpaired) electrons. The van der Waals surface area contributed by atoms with Gasteiger partial charge in [-0.05, 0) is 59.5 Å². The van der Waals surface area contributed by atoms with Crippen molar-refractivity contribution in [3.05, 3.63) is 129 Å². The molecule has 0 aliphatic rings. The molecule has 0 heterocycles. The first-order valence-electron chi connectivity index (χ1n) is 15.0. The van der Waals surface area contributed by atoms with Crippen molar-refractivity contribution in [2.45, 2.75) is 43.9 Å². The summed E-state index contributed by atoms with van der Waals surface area (Å²) < 4.78 is 71.3. The Hall–Kier alpha value is -3.87. The van der Waals surface area contributed by atoms with E-state index in [0.717, 1.165) is 22.2 Å². The van der Waals surface area contributed by atoms with E-state index in [1.165, 1.54) is 29.2 Å². The lowest BCUT2D eigenvalue weighted by Crippen LogP contribution is -2.53. The Bertz CT molecular complexity index is 1810. The highest BCUT2D eigenvalue weighted by molar-refractivity contribution is 9.10. The average molecular weight is 765 g/mol. The second-order valence-electron chi connectivity index (χ2n) is 11.5. The number of alkyl halides is 3. The topological polar surface area (TPSA) is 86.8 Å². The summed E-state index contributed by atoms with van der Waals surface area (Å²) in [7, 11) is -4.59. The number of carbonyl (C=O) groups is 2. The molecular weight excluding hydrogens is 731 g/mol. The Labute approximate surface area is 291 Å². The van der Waals surface area contributed by atoms with Gasteiger partial charge >= 0.3 is 6.18 Å². The van der Waals surface area contributed by atoms with Crippen LogP contribution in [0.4, 0.5) is 18.9 Å². The van der Waals surface area contributed by atoms with Gasteiger partial charge in [0.15, 0.2) is 0 Å². The Morgan fingerprint density at radius 3 is 2.06 bits per heavy atom. The number of hydrogen-bond donors (Lipinski definition) is 1. The monoisotopic (exact) mass is 763 g/mol. The van der Waals surface area contributed by atoms with Crippen LogP contribution < -0.4 is 9.62 Å². The number of nitrogens with one attached hydrogen (secondary N) is 1. The molecule has 13 heteroatoms. The summed E-state index contributed by atoms with van der Waals surface area (Å²) in [5, 5.41) is 2.26. The maximum absolute atomic E-state index is 14.5. The second kappa shape index (κ2) is 16.0. The van der Waals surface area contributed by atoms with Crippen LogP contribution in [0.1, 0.15) is 30.5 Å². The lowest BCUT2D eigenvalue weighted by Gasteiger charge is -2.34. The van der Waals surface area contributed by atoms with Gasteiger partial charge in [0, 0.05) is 24.0 Å². The number of halogens is 5. The molecule has 254 valence electrons. The summed E-state index contributed by atoms with van der Waals surface area (Å²) in [6.45, 7) is 3.17. The average Bonchev–Trinajstić information content (AvgIpc) is 3.05. The molecule has 1 atom stereocenters. The molecule has 0 saturated heterocycles. The van der Waals surface area contributed by atoms with Crippen molar-refractivity contribution in [1.82, 2.24) is 10.2 Å². The quantitative estimate of drug-likeness (QED) is 0.151. The van der Waals surface area contributed by atoms with E-state index < -0.39 is 56.9 Å². The van der Waals surface area contributed by atoms with Gasteiger partial charge in [0.25, 0.3) is 10.0 Å². The number of anilines is 1. The standard InChI is InChI=1S/C35H34BrClF3N3O4S/c1-24(2)21-41-34(45)32(19-25-9-5-3-6-10-25)42(22-26-13-15-27(36)16-14-26)33(44)23-43(48(46,47)29-11-7-4-8-12-29)28-17-18-31(37)30(20-28)35(38,39)40/h3-18,20,24,32H,19,21-23H2,1-2H3,(H,41,45)/t32-/m1/s1. The molecule has 0 unspecified atom stereocenters. The fourth-order valence-corrected chi connectivity index (χ4v) is 6.81. The third-order valence-corrected chi connectivity index (χ3v) is 10.0. The fraction of sp³-hybridized carbons (Fsp3) is 0.257. The third-order valence-electron chi connectivity index (χ3n) is 7.38. The number of benzene rings is 4. The zero-order valence-electron chi connectivity index (χ0n) is 26.1. The van der Waals surface area contributed by atoms with Crippen LogP contribution in [0.3, 0.4) is 0 Å². The predicted molar refractivity (Wildman–Crippen MR) is 184 cm³/mol. The lowest BCUT2D eigenvalue weighted by atomic mass is 10.0. The van der Waals surface area contributed by atoms with E-state index in [2.05, 4.69) is 21.2 Å². The number of amides is 2. The van der Waals surface area contributed by atoms with Gasteiger partial charge in [0.1, 0.15) is 12.6 Å². The minimum absolute atomic E-state index is 0.0909. The van der Waals surface area contributed by atoms with Crippen molar-refractivity contribution in [3.8, 4) is 0 Å². The first-order valence-corrected chi connectivity index (χ1v) is 17.6. The van der Waals surface area contributed by atoms with Crippen LogP contribution in [0, 0.1) is 5.92 Å². The van der Waals surface area contributed by atoms with Crippen molar-refractivity contribution in [1.29, 1.82) is 0 Å². The maximum atomic E-state index is 14.5. The van der Waals surface area contributed by atoms with E-state index in [1.54, 1.807) is 42.5 Å². The summed E-state index contributed by atoms with van der Waals surface area (Å²) in [5.74, 6) is -1.16. The zero-order valence-corrected chi connectivity index (χ0v) is 29.3. The molecule has 0 aromatic heterocycles. The molecule has 2 amide bonds. The van der Waals surface area contributed by atoms with Crippen LogP contribution in [-0.4, -0.2) is 44.3 Å². The molecule has 0 fully saturated rings. The number of sulfonamides is 1. The number of carbonyl (C=O) groups excluding carboxylic acids is 2. The molecule has 1 N–H and O–H groups in total. The highest BCUT2D eigenvalue weighted by atomic mass is 79.9. The fourth-order valence-electron chi connectivity index (χ4n) is 4.90. The van der Waals surface area contributed by atoms with Crippen LogP contribution in [-0.2, 0) is 38.8 Å². The van der Waals surface area contributed by atoms with E-state index in [9.17, 15) is 31.2 Å². The third kappa shape index (κ3) is 9.61. The van der Waals surface area contributed by atoms with E-state index in [4.69, 9.17) is 11.6 Å². The molecule has 4 aromatic rings. The van der Waals surface area contributed by atoms with Gasteiger partial charge in [-0.25, -0.2) is 8.42 Å². The summed E-state index contributed by atoms with van der Waals surface area (Å²) in [6.07, 6.45) is -4.81. The maximum Gasteiger partial charge on any atom is 0.417 e. The molecule has 7 nitrogen and oxygen atoms in total. The number of hydrogen-bond acceptors (Lipinski definition) is 4. The molecular formula is C35H34BrClF3N3O4S. The molecule has 48 heavy (non-hydrogen) atoms. The Kier molecular flexibility index (Phi) is 12.3. The van der Waals surface area contributed by atoms with Gasteiger partial charge in [0.05, 0.1) is 21.2 Å². The van der Waals surface area contributed by atoms with E-state index in [0.29, 0.717) is 22.5 Å². The minimum atomic E-state index is -4.90. The van der Waals surface area contributed by atoms with E-state index in [1.807, 2.05) is 32.0 Å². The smallest absolute Gasteiger partial charge is 0.354 e. The first kappa shape index (κ1) is 37.0. The summed E-state index contributed by atoms with van der Waals surface area (Å²) in [6, 6.07) is 24.7. The van der Waals surface area contributed by atoms with Crippen molar-refractivity contribution in [2.75, 3.05) is 17.4 Å². The molecule has 0 saturated carbocycles. The van der Waals surface area contributed by atoms with Crippen molar-refractivity contribution in [3.63, 3.8) is 0 Å². The highest BCUT2D eigenvalue weighted by Gasteiger charge is 2.37. The van der Waals surface area contributed by atoms with Crippen LogP contribution >= 0.6 is 27.5 Å². The summed E-state index contributed by atoms with van der Waals surface area (Å²) in [5.41, 5.74) is -0.290. The van der Waals surface area contributed by atoms with Gasteiger partial charge in [0.2, 0.25) is 11.8 Å². The van der Waals surface area contributed by atoms with Gasteiger partial charge in [-0.1, -0.05) is 102 Å². The molecule has 0 aliphatic heterocycles. The SMILES string of the molecule is CC(C)CNC(=O)[C@@H](Cc1ccccc1)N(Cc1ccc(Br)cc1)C(=O)CN(c1ccc(Cl)c(C(F)(F)F)c1)S(=O)(=O)c1ccccc1. The Morgan fingerprint density at radius 2 is 1.48 bits per heavy atom. The van der Waals surface area contributed by atoms with E-state index in [-0.39, 0.29) is 23.8 Å². The lowest BCUT2D eigenvalue weighted by molar-refractivity contribution is -0.140. The Balaban J connectivity index is 1.85. The van der Waals surface area contributed by atoms with Gasteiger partial charge in [-0.3, -0.25) is 13.9 Å². The zero-order chi connectivity index (χ0) is 35.1. The van der Waals surface area contributed by atoms with Crippen LogP contribution in [0.5, 0.6) is 0 Å². The van der Waals surface area contributed by atoms with Crippen molar-refractivity contribution < 1.29 is 31.2 Å². The van der Waals surface area contributed by atoms with Gasteiger partial charge < -0.3 is 10.2 Å². The molecule has 4 aromatic carbocycles. The molecule has 0 bridgehead atoms. The van der Waals surface area contributed by atoms with Crippen molar-refractivity contribution >= 4 is 55.1 Å². The van der Waals surface area contributed by atoms with Crippen LogP contribution in [0.2, 0.25) is 5.02 Å². The summed E-state index contributed by atoms with van der Waals surface area (Å²) in [4.78, 5) is 29.3. The van der Waals surface area contributed by atoms with Gasteiger partial charge in [-0.2, -0.15) is 13.2 Å². The molecule has 0 spiro atoms. The van der Waals surface area contributed by atoms with E-state index >= 15 is 0 Å². The molecule has 0 aliphatic carbocycles. The predicted octanol–water partition coefficient (Wildman–Crippen LogP) is 7.73. The largest absolute Gasteiger partial charge is 0.417 e.